The van der Waals surface area contributed by atoms with E-state index in [9.17, 15) is 4.79 Å². The van der Waals surface area contributed by atoms with Crippen molar-refractivity contribution in [2.75, 3.05) is 5.32 Å². The van der Waals surface area contributed by atoms with Crippen LogP contribution in [0.4, 0.5) is 5.69 Å². The van der Waals surface area contributed by atoms with E-state index in [2.05, 4.69) is 19.2 Å². The third kappa shape index (κ3) is 3.49. The van der Waals surface area contributed by atoms with Crippen LogP contribution in [-0.4, -0.2) is 17.1 Å². The van der Waals surface area contributed by atoms with Crippen molar-refractivity contribution in [3.05, 3.63) is 29.3 Å². The van der Waals surface area contributed by atoms with E-state index in [0.29, 0.717) is 11.6 Å². The lowest BCUT2D eigenvalue weighted by Gasteiger charge is -2.33. The molecule has 0 aliphatic heterocycles. The van der Waals surface area contributed by atoms with Crippen LogP contribution in [0.1, 0.15) is 49.0 Å². The summed E-state index contributed by atoms with van der Waals surface area (Å²) in [4.78, 5) is 10.9. The molecule has 1 aromatic rings. The largest absolute Gasteiger partial charge is 0.478 e. The maximum absolute atomic E-state index is 10.9. The monoisotopic (exact) mass is 261 g/mol. The lowest BCUT2D eigenvalue weighted by atomic mass is 9.80. The molecule has 3 heteroatoms. The number of anilines is 1. The standard InChI is InChI=1S/C16H23NO2/c1-10-6-11(2)8-14(7-10)17-15-5-4-13(16(18)19)9-12(15)3/h4-5,9-11,14,17H,6-8H2,1-3H3,(H,18,19). The zero-order valence-electron chi connectivity index (χ0n) is 11.9. The lowest BCUT2D eigenvalue weighted by molar-refractivity contribution is 0.0697. The summed E-state index contributed by atoms with van der Waals surface area (Å²) in [7, 11) is 0. The van der Waals surface area contributed by atoms with Gasteiger partial charge in [0.15, 0.2) is 0 Å². The Morgan fingerprint density at radius 1 is 1.21 bits per heavy atom. The van der Waals surface area contributed by atoms with Gasteiger partial charge in [-0.3, -0.25) is 0 Å². The quantitative estimate of drug-likeness (QED) is 0.866. The predicted molar refractivity (Wildman–Crippen MR) is 77.7 cm³/mol. The minimum atomic E-state index is -0.866. The number of rotatable bonds is 3. The number of nitrogens with one attached hydrogen (secondary N) is 1. The van der Waals surface area contributed by atoms with Crippen LogP contribution in [0.15, 0.2) is 18.2 Å². The summed E-state index contributed by atoms with van der Waals surface area (Å²) in [6.45, 7) is 6.58. The van der Waals surface area contributed by atoms with Gasteiger partial charge in [-0.2, -0.15) is 0 Å². The summed E-state index contributed by atoms with van der Waals surface area (Å²) in [5.41, 5.74) is 2.43. The van der Waals surface area contributed by atoms with Crippen LogP contribution in [0.25, 0.3) is 0 Å². The molecular weight excluding hydrogens is 238 g/mol. The second-order valence-corrected chi connectivity index (χ2v) is 6.09. The molecule has 0 radical (unpaired) electrons. The van der Waals surface area contributed by atoms with E-state index < -0.39 is 5.97 Å². The summed E-state index contributed by atoms with van der Waals surface area (Å²) >= 11 is 0. The fourth-order valence-electron chi connectivity index (χ4n) is 3.24. The van der Waals surface area contributed by atoms with Crippen LogP contribution in [0.5, 0.6) is 0 Å². The van der Waals surface area contributed by atoms with E-state index >= 15 is 0 Å². The minimum Gasteiger partial charge on any atom is -0.478 e. The Hall–Kier alpha value is -1.51. The number of aromatic carboxylic acids is 1. The highest BCUT2D eigenvalue weighted by Gasteiger charge is 2.24. The van der Waals surface area contributed by atoms with Gasteiger partial charge in [0.05, 0.1) is 5.56 Å². The van der Waals surface area contributed by atoms with Crippen molar-refractivity contribution in [1.29, 1.82) is 0 Å². The van der Waals surface area contributed by atoms with Crippen LogP contribution >= 0.6 is 0 Å². The number of hydrogen-bond acceptors (Lipinski definition) is 2. The number of benzene rings is 1. The van der Waals surface area contributed by atoms with E-state index in [1.807, 2.05) is 13.0 Å². The Labute approximate surface area is 115 Å². The van der Waals surface area contributed by atoms with Gasteiger partial charge in [-0.25, -0.2) is 4.79 Å². The lowest BCUT2D eigenvalue weighted by Crippen LogP contribution is -2.30. The molecule has 1 saturated carbocycles. The molecule has 19 heavy (non-hydrogen) atoms. The highest BCUT2D eigenvalue weighted by Crippen LogP contribution is 2.31. The molecule has 1 aliphatic rings. The van der Waals surface area contributed by atoms with Gasteiger partial charge in [-0.05, 0) is 61.8 Å². The van der Waals surface area contributed by atoms with E-state index in [4.69, 9.17) is 5.11 Å². The molecule has 1 aromatic carbocycles. The van der Waals surface area contributed by atoms with Crippen LogP contribution in [0, 0.1) is 18.8 Å². The van der Waals surface area contributed by atoms with Crippen molar-refractivity contribution in [2.24, 2.45) is 11.8 Å². The molecule has 2 rings (SSSR count). The average molecular weight is 261 g/mol. The van der Waals surface area contributed by atoms with Crippen molar-refractivity contribution in [3.8, 4) is 0 Å². The van der Waals surface area contributed by atoms with Gasteiger partial charge in [-0.1, -0.05) is 13.8 Å². The minimum absolute atomic E-state index is 0.355. The molecule has 0 spiro atoms. The SMILES string of the molecule is Cc1cc(C(=O)O)ccc1NC1CC(C)CC(C)C1. The molecule has 0 saturated heterocycles. The van der Waals surface area contributed by atoms with Crippen molar-refractivity contribution >= 4 is 11.7 Å². The first-order chi connectivity index (χ1) is 8.95. The van der Waals surface area contributed by atoms with Gasteiger partial charge in [0.2, 0.25) is 0 Å². The fourth-order valence-corrected chi connectivity index (χ4v) is 3.24. The average Bonchev–Trinajstić information content (AvgIpc) is 2.30. The predicted octanol–water partition coefficient (Wildman–Crippen LogP) is 3.93. The van der Waals surface area contributed by atoms with Crippen LogP contribution in [0.2, 0.25) is 0 Å². The molecule has 0 bridgehead atoms. The zero-order chi connectivity index (χ0) is 14.0. The number of aryl methyl sites for hydroxylation is 1. The van der Waals surface area contributed by atoms with E-state index in [1.54, 1.807) is 12.1 Å². The number of carboxylic acids is 1. The molecule has 2 atom stereocenters. The van der Waals surface area contributed by atoms with Crippen LogP contribution in [-0.2, 0) is 0 Å². The number of carbonyl (C=O) groups is 1. The van der Waals surface area contributed by atoms with E-state index in [0.717, 1.165) is 23.1 Å². The van der Waals surface area contributed by atoms with E-state index in [1.165, 1.54) is 19.3 Å². The normalized spacial score (nSPS) is 27.0. The highest BCUT2D eigenvalue weighted by molar-refractivity contribution is 5.88. The van der Waals surface area contributed by atoms with Crippen LogP contribution in [0.3, 0.4) is 0 Å². The van der Waals surface area contributed by atoms with Crippen molar-refractivity contribution < 1.29 is 9.90 Å². The van der Waals surface area contributed by atoms with E-state index in [-0.39, 0.29) is 0 Å². The topological polar surface area (TPSA) is 49.3 Å². The third-order valence-electron chi connectivity index (χ3n) is 4.01. The molecule has 0 heterocycles. The van der Waals surface area contributed by atoms with Gasteiger partial charge in [0.1, 0.15) is 0 Å². The maximum Gasteiger partial charge on any atom is 0.335 e. The summed E-state index contributed by atoms with van der Waals surface area (Å²) in [6.07, 6.45) is 3.71. The van der Waals surface area contributed by atoms with Crippen LogP contribution < -0.4 is 5.32 Å². The first-order valence-electron chi connectivity index (χ1n) is 7.06. The molecule has 2 N–H and O–H groups in total. The molecule has 3 nitrogen and oxygen atoms in total. The summed E-state index contributed by atoms with van der Waals surface area (Å²) in [6, 6.07) is 5.81. The van der Waals surface area contributed by atoms with Crippen molar-refractivity contribution in [3.63, 3.8) is 0 Å². The Morgan fingerprint density at radius 3 is 2.37 bits per heavy atom. The molecule has 1 fully saturated rings. The Kier molecular flexibility index (Phi) is 4.13. The molecule has 2 unspecified atom stereocenters. The van der Waals surface area contributed by atoms with Gasteiger partial charge < -0.3 is 10.4 Å². The first kappa shape index (κ1) is 13.9. The fraction of sp³-hybridized carbons (Fsp3) is 0.562. The van der Waals surface area contributed by atoms with Crippen molar-refractivity contribution in [1.82, 2.24) is 0 Å². The Balaban J connectivity index is 2.08. The van der Waals surface area contributed by atoms with Gasteiger partial charge in [-0.15, -0.1) is 0 Å². The highest BCUT2D eigenvalue weighted by atomic mass is 16.4. The second kappa shape index (κ2) is 5.64. The maximum atomic E-state index is 10.9. The third-order valence-corrected chi connectivity index (χ3v) is 4.01. The number of hydrogen-bond donors (Lipinski definition) is 2. The molecule has 0 amide bonds. The zero-order valence-corrected chi connectivity index (χ0v) is 11.9. The van der Waals surface area contributed by atoms with Gasteiger partial charge >= 0.3 is 5.97 Å². The molecule has 104 valence electrons. The first-order valence-corrected chi connectivity index (χ1v) is 7.06. The summed E-state index contributed by atoms with van der Waals surface area (Å²) in [5.74, 6) is 0.661. The van der Waals surface area contributed by atoms with Gasteiger partial charge in [0, 0.05) is 11.7 Å². The molecule has 0 aromatic heterocycles. The van der Waals surface area contributed by atoms with Crippen molar-refractivity contribution in [2.45, 2.75) is 46.1 Å². The molecular formula is C16H23NO2. The summed E-state index contributed by atoms with van der Waals surface area (Å²) in [5, 5.41) is 12.6. The Bertz CT molecular complexity index is 460. The van der Waals surface area contributed by atoms with Gasteiger partial charge in [0.25, 0.3) is 0 Å². The number of carboxylic acid groups (broad SMARTS) is 1. The summed E-state index contributed by atoms with van der Waals surface area (Å²) < 4.78 is 0. The second-order valence-electron chi connectivity index (χ2n) is 6.09. The smallest absolute Gasteiger partial charge is 0.335 e. The molecule has 1 aliphatic carbocycles. The Morgan fingerprint density at radius 2 is 1.84 bits per heavy atom.